The second kappa shape index (κ2) is 1.20. The van der Waals surface area contributed by atoms with E-state index in [1.54, 1.807) is 0 Å². The molecule has 2 nitrogen and oxygen atoms in total. The summed E-state index contributed by atoms with van der Waals surface area (Å²) in [6.45, 7) is 2.01. The van der Waals surface area contributed by atoms with E-state index < -0.39 is 0 Å². The normalized spacial score (nSPS) is 44.6. The highest BCUT2D eigenvalue weighted by Gasteiger charge is 2.58. The van der Waals surface area contributed by atoms with Crippen LogP contribution in [0.15, 0.2) is 12.2 Å². The van der Waals surface area contributed by atoms with Crippen molar-refractivity contribution in [3.8, 4) is 0 Å². The van der Waals surface area contributed by atoms with Gasteiger partial charge in [0.2, 0.25) is 0 Å². The summed E-state index contributed by atoms with van der Waals surface area (Å²) in [5, 5.41) is 0. The third-order valence-electron chi connectivity index (χ3n) is 2.28. The van der Waals surface area contributed by atoms with Crippen molar-refractivity contribution in [1.82, 2.24) is 0 Å². The number of ether oxygens (including phenoxy) is 1. The van der Waals surface area contributed by atoms with Gasteiger partial charge in [0.05, 0.1) is 0 Å². The number of fused-ring (bicyclic) bond motifs is 1. The van der Waals surface area contributed by atoms with Crippen LogP contribution in [0.2, 0.25) is 0 Å². The molecule has 0 bridgehead atoms. The van der Waals surface area contributed by atoms with E-state index in [4.69, 9.17) is 4.74 Å². The fourth-order valence-corrected chi connectivity index (χ4v) is 1.37. The minimum absolute atomic E-state index is 0.0440. The highest BCUT2D eigenvalue weighted by atomic mass is 16.6. The van der Waals surface area contributed by atoms with Crippen LogP contribution in [0.25, 0.3) is 0 Å². The standard InChI is InChI=1S/C7H8O2/c1-2-7-4-3-5(7)9-6(7)8/h3-5H,2H2,1H3/t5-,7+/m0/s1. The van der Waals surface area contributed by atoms with Gasteiger partial charge in [-0.05, 0) is 12.5 Å². The molecule has 0 amide bonds. The summed E-state index contributed by atoms with van der Waals surface area (Å²) in [6.07, 6.45) is 4.89. The molecule has 0 aromatic rings. The Labute approximate surface area is 53.5 Å². The smallest absolute Gasteiger partial charge is 0.320 e. The monoisotopic (exact) mass is 124 g/mol. The van der Waals surface area contributed by atoms with Crippen molar-refractivity contribution in [2.24, 2.45) is 5.41 Å². The predicted octanol–water partition coefficient (Wildman–Crippen LogP) is 0.878. The number of esters is 1. The Bertz CT molecular complexity index is 195. The third kappa shape index (κ3) is 0.334. The van der Waals surface area contributed by atoms with Crippen LogP contribution in [-0.4, -0.2) is 12.1 Å². The molecule has 0 aromatic carbocycles. The Morgan fingerprint density at radius 2 is 2.67 bits per heavy atom. The lowest BCUT2D eigenvalue weighted by molar-refractivity contribution is -0.196. The molecule has 0 spiro atoms. The molecule has 2 aliphatic rings. The molecule has 9 heavy (non-hydrogen) atoms. The molecule has 0 saturated carbocycles. The maximum atomic E-state index is 10.8. The van der Waals surface area contributed by atoms with Gasteiger partial charge in [0.1, 0.15) is 11.5 Å². The lowest BCUT2D eigenvalue weighted by Crippen LogP contribution is -2.58. The zero-order valence-electron chi connectivity index (χ0n) is 5.26. The van der Waals surface area contributed by atoms with Crippen molar-refractivity contribution in [3.05, 3.63) is 12.2 Å². The molecule has 1 aliphatic heterocycles. The summed E-state index contributed by atoms with van der Waals surface area (Å²) in [6, 6.07) is 0. The van der Waals surface area contributed by atoms with Crippen LogP contribution in [0.3, 0.4) is 0 Å². The Balaban J connectivity index is 2.30. The minimum atomic E-state index is -0.181. The number of carbonyl (C=O) groups excluding carboxylic acids is 1. The minimum Gasteiger partial charge on any atom is -0.456 e. The average Bonchev–Trinajstić information content (AvgIpc) is 1.84. The summed E-state index contributed by atoms with van der Waals surface area (Å²) in [5.41, 5.74) is -0.181. The van der Waals surface area contributed by atoms with Gasteiger partial charge >= 0.3 is 5.97 Å². The zero-order valence-corrected chi connectivity index (χ0v) is 5.26. The number of rotatable bonds is 1. The fourth-order valence-electron chi connectivity index (χ4n) is 1.37. The van der Waals surface area contributed by atoms with E-state index in [-0.39, 0.29) is 17.5 Å². The SMILES string of the molecule is CC[C@@]12C=C[C@@H]1OC2=O. The van der Waals surface area contributed by atoms with Crippen LogP contribution in [0.1, 0.15) is 13.3 Å². The summed E-state index contributed by atoms with van der Waals surface area (Å²) in [5.74, 6) is -0.0440. The van der Waals surface area contributed by atoms with Gasteiger partial charge in [-0.3, -0.25) is 4.79 Å². The van der Waals surface area contributed by atoms with Gasteiger partial charge in [-0.15, -0.1) is 0 Å². The first-order chi connectivity index (χ1) is 4.29. The van der Waals surface area contributed by atoms with Crippen molar-refractivity contribution in [1.29, 1.82) is 0 Å². The number of hydrogen-bond donors (Lipinski definition) is 0. The molecule has 2 atom stereocenters. The van der Waals surface area contributed by atoms with E-state index in [1.165, 1.54) is 0 Å². The molecule has 0 aromatic heterocycles. The largest absolute Gasteiger partial charge is 0.456 e. The molecule has 0 radical (unpaired) electrons. The maximum Gasteiger partial charge on any atom is 0.320 e. The quantitative estimate of drug-likeness (QED) is 0.383. The lowest BCUT2D eigenvalue weighted by atomic mass is 9.67. The molecular formula is C7H8O2. The van der Waals surface area contributed by atoms with Gasteiger partial charge in [0, 0.05) is 0 Å². The van der Waals surface area contributed by atoms with E-state index in [0.717, 1.165) is 6.42 Å². The van der Waals surface area contributed by atoms with Crippen molar-refractivity contribution in [3.63, 3.8) is 0 Å². The number of hydrogen-bond acceptors (Lipinski definition) is 2. The molecule has 2 heteroatoms. The van der Waals surface area contributed by atoms with Crippen molar-refractivity contribution in [2.45, 2.75) is 19.4 Å². The van der Waals surface area contributed by atoms with Gasteiger partial charge in [0.15, 0.2) is 0 Å². The molecule has 1 heterocycles. The molecule has 0 N–H and O–H groups in total. The highest BCUT2D eigenvalue weighted by molar-refractivity contribution is 5.88. The second-order valence-corrected chi connectivity index (χ2v) is 2.58. The Hall–Kier alpha value is -0.790. The molecular weight excluding hydrogens is 116 g/mol. The van der Waals surface area contributed by atoms with E-state index >= 15 is 0 Å². The third-order valence-corrected chi connectivity index (χ3v) is 2.28. The van der Waals surface area contributed by atoms with E-state index in [1.807, 2.05) is 19.1 Å². The predicted molar refractivity (Wildman–Crippen MR) is 31.7 cm³/mol. The van der Waals surface area contributed by atoms with Gasteiger partial charge in [-0.25, -0.2) is 0 Å². The first-order valence-electron chi connectivity index (χ1n) is 3.20. The summed E-state index contributed by atoms with van der Waals surface area (Å²) in [4.78, 5) is 10.8. The van der Waals surface area contributed by atoms with Gasteiger partial charge in [0.25, 0.3) is 0 Å². The summed E-state index contributed by atoms with van der Waals surface area (Å²) >= 11 is 0. The Morgan fingerprint density at radius 1 is 1.89 bits per heavy atom. The van der Waals surface area contributed by atoms with Crippen LogP contribution in [-0.2, 0) is 9.53 Å². The van der Waals surface area contributed by atoms with Crippen LogP contribution < -0.4 is 0 Å². The van der Waals surface area contributed by atoms with Crippen LogP contribution >= 0.6 is 0 Å². The topological polar surface area (TPSA) is 26.3 Å². The zero-order chi connectivity index (χ0) is 6.48. The van der Waals surface area contributed by atoms with Crippen molar-refractivity contribution < 1.29 is 9.53 Å². The highest BCUT2D eigenvalue weighted by Crippen LogP contribution is 2.48. The van der Waals surface area contributed by atoms with Crippen molar-refractivity contribution in [2.75, 3.05) is 0 Å². The van der Waals surface area contributed by atoms with E-state index in [2.05, 4.69) is 0 Å². The summed E-state index contributed by atoms with van der Waals surface area (Å²) < 4.78 is 4.81. The Kier molecular flexibility index (Phi) is 0.672. The maximum absolute atomic E-state index is 10.8. The van der Waals surface area contributed by atoms with Gasteiger partial charge in [-0.2, -0.15) is 0 Å². The molecule has 2 rings (SSSR count). The Morgan fingerprint density at radius 3 is 2.78 bits per heavy atom. The van der Waals surface area contributed by atoms with Gasteiger partial charge < -0.3 is 4.74 Å². The van der Waals surface area contributed by atoms with Crippen LogP contribution in [0, 0.1) is 5.41 Å². The van der Waals surface area contributed by atoms with Crippen LogP contribution in [0.4, 0.5) is 0 Å². The fraction of sp³-hybridized carbons (Fsp3) is 0.571. The van der Waals surface area contributed by atoms with E-state index in [0.29, 0.717) is 0 Å². The van der Waals surface area contributed by atoms with Gasteiger partial charge in [-0.1, -0.05) is 13.0 Å². The first-order valence-corrected chi connectivity index (χ1v) is 3.20. The van der Waals surface area contributed by atoms with Crippen LogP contribution in [0.5, 0.6) is 0 Å². The average molecular weight is 124 g/mol. The molecule has 0 unspecified atom stereocenters. The van der Waals surface area contributed by atoms with Crippen molar-refractivity contribution >= 4 is 5.97 Å². The first kappa shape index (κ1) is 5.03. The lowest BCUT2D eigenvalue weighted by Gasteiger charge is -2.48. The molecule has 1 fully saturated rings. The summed E-state index contributed by atoms with van der Waals surface area (Å²) in [7, 11) is 0. The molecule has 48 valence electrons. The second-order valence-electron chi connectivity index (χ2n) is 2.58. The molecule has 1 saturated heterocycles. The number of carbonyl (C=O) groups is 1. The van der Waals surface area contributed by atoms with E-state index in [9.17, 15) is 4.79 Å². The molecule has 1 aliphatic carbocycles.